The first-order chi connectivity index (χ1) is 12.9. The summed E-state index contributed by atoms with van der Waals surface area (Å²) in [6.07, 6.45) is 8.51. The van der Waals surface area contributed by atoms with Gasteiger partial charge < -0.3 is 9.64 Å². The van der Waals surface area contributed by atoms with Crippen molar-refractivity contribution in [2.24, 2.45) is 0 Å². The summed E-state index contributed by atoms with van der Waals surface area (Å²) < 4.78 is 6.11. The summed E-state index contributed by atoms with van der Waals surface area (Å²) in [5.41, 5.74) is 1.99. The van der Waals surface area contributed by atoms with Crippen molar-refractivity contribution in [1.82, 2.24) is 15.0 Å². The van der Waals surface area contributed by atoms with E-state index in [1.54, 1.807) is 12.4 Å². The maximum atomic E-state index is 6.11. The van der Waals surface area contributed by atoms with Gasteiger partial charge in [0.1, 0.15) is 5.82 Å². The maximum absolute atomic E-state index is 6.11. The highest BCUT2D eigenvalue weighted by atomic mass is 16.5. The molecule has 1 saturated heterocycles. The molecule has 132 valence electrons. The number of hydrogen-bond acceptors (Lipinski definition) is 5. The van der Waals surface area contributed by atoms with Crippen LogP contribution in [0.5, 0.6) is 0 Å². The fraction of sp³-hybridized carbons (Fsp3) is 0.381. The maximum Gasteiger partial charge on any atom is 0.162 e. The summed E-state index contributed by atoms with van der Waals surface area (Å²) in [7, 11) is 0. The minimum atomic E-state index is 0.329. The summed E-state index contributed by atoms with van der Waals surface area (Å²) in [5.74, 6) is 1.81. The van der Waals surface area contributed by atoms with Gasteiger partial charge >= 0.3 is 0 Å². The van der Waals surface area contributed by atoms with Gasteiger partial charge in [-0.05, 0) is 49.9 Å². The highest BCUT2D eigenvalue weighted by Gasteiger charge is 2.36. The second-order valence-corrected chi connectivity index (χ2v) is 7.08. The molecule has 5 heteroatoms. The SMILES string of the molecule is c1ccc2c(N3CCCO[C@@H]4CCC[C@H]43)nc(-c3ccncc3)nc2c1. The van der Waals surface area contributed by atoms with Gasteiger partial charge in [0.25, 0.3) is 0 Å². The molecule has 3 aromatic rings. The molecule has 1 aromatic carbocycles. The minimum Gasteiger partial charge on any atom is -0.376 e. The molecule has 2 aromatic heterocycles. The van der Waals surface area contributed by atoms with E-state index in [0.29, 0.717) is 12.1 Å². The Morgan fingerprint density at radius 1 is 0.962 bits per heavy atom. The lowest BCUT2D eigenvalue weighted by Gasteiger charge is -2.32. The molecule has 2 fully saturated rings. The van der Waals surface area contributed by atoms with Crippen LogP contribution in [0.25, 0.3) is 22.3 Å². The molecule has 0 radical (unpaired) electrons. The van der Waals surface area contributed by atoms with E-state index in [9.17, 15) is 0 Å². The standard InChI is InChI=1S/C21H22N4O/c1-2-6-17-16(5-1)21(24-20(23-17)15-9-11-22-12-10-15)25-13-4-14-26-19-8-3-7-18(19)25/h1-2,5-6,9-12,18-19H,3-4,7-8,13-14H2/t18-,19-/m1/s1. The van der Waals surface area contributed by atoms with E-state index in [1.807, 2.05) is 18.2 Å². The number of nitrogens with zero attached hydrogens (tertiary/aromatic N) is 4. The van der Waals surface area contributed by atoms with Crippen molar-refractivity contribution in [2.45, 2.75) is 37.8 Å². The van der Waals surface area contributed by atoms with Gasteiger partial charge in [0.05, 0.1) is 17.7 Å². The zero-order valence-corrected chi connectivity index (χ0v) is 14.7. The number of para-hydroxylation sites is 1. The van der Waals surface area contributed by atoms with E-state index < -0.39 is 0 Å². The lowest BCUT2D eigenvalue weighted by atomic mass is 10.1. The highest BCUT2D eigenvalue weighted by molar-refractivity contribution is 5.91. The van der Waals surface area contributed by atoms with Crippen molar-refractivity contribution in [2.75, 3.05) is 18.1 Å². The van der Waals surface area contributed by atoms with Crippen LogP contribution in [0.1, 0.15) is 25.7 Å². The second-order valence-electron chi connectivity index (χ2n) is 7.08. The average Bonchev–Trinajstić information content (AvgIpc) is 3.07. The molecule has 5 nitrogen and oxygen atoms in total. The van der Waals surface area contributed by atoms with Crippen LogP contribution >= 0.6 is 0 Å². The topological polar surface area (TPSA) is 51.1 Å². The van der Waals surface area contributed by atoms with E-state index >= 15 is 0 Å². The van der Waals surface area contributed by atoms with Gasteiger partial charge in [-0.25, -0.2) is 9.97 Å². The van der Waals surface area contributed by atoms with Crippen LogP contribution in [0.4, 0.5) is 5.82 Å². The Labute approximate surface area is 153 Å². The summed E-state index contributed by atoms with van der Waals surface area (Å²) >= 11 is 0. The number of anilines is 1. The van der Waals surface area contributed by atoms with E-state index in [-0.39, 0.29) is 0 Å². The Bertz CT molecular complexity index is 914. The lowest BCUT2D eigenvalue weighted by Crippen LogP contribution is -2.40. The fourth-order valence-electron chi connectivity index (χ4n) is 4.26. The van der Waals surface area contributed by atoms with Gasteiger partial charge in [0.2, 0.25) is 0 Å². The molecule has 2 aliphatic rings. The number of ether oxygens (including phenoxy) is 1. The summed E-state index contributed by atoms with van der Waals surface area (Å²) in [6.45, 7) is 1.83. The predicted octanol–water partition coefficient (Wildman–Crippen LogP) is 3.84. The molecule has 1 aliphatic heterocycles. The second kappa shape index (κ2) is 6.65. The first-order valence-corrected chi connectivity index (χ1v) is 9.45. The average molecular weight is 346 g/mol. The molecule has 5 rings (SSSR count). The number of pyridine rings is 1. The first kappa shape index (κ1) is 15.7. The predicted molar refractivity (Wildman–Crippen MR) is 102 cm³/mol. The molecule has 0 amide bonds. The third kappa shape index (κ3) is 2.72. The fourth-order valence-corrected chi connectivity index (χ4v) is 4.26. The third-order valence-corrected chi connectivity index (χ3v) is 5.49. The van der Waals surface area contributed by atoms with Crippen molar-refractivity contribution >= 4 is 16.7 Å². The van der Waals surface area contributed by atoms with Crippen LogP contribution in [0.2, 0.25) is 0 Å². The van der Waals surface area contributed by atoms with E-state index in [2.05, 4.69) is 28.1 Å². The molecule has 1 aliphatic carbocycles. The Morgan fingerprint density at radius 3 is 2.77 bits per heavy atom. The molecular weight excluding hydrogens is 324 g/mol. The van der Waals surface area contributed by atoms with Gasteiger partial charge in [-0.2, -0.15) is 0 Å². The van der Waals surface area contributed by atoms with Crippen LogP contribution < -0.4 is 4.90 Å². The smallest absolute Gasteiger partial charge is 0.162 e. The van der Waals surface area contributed by atoms with Gasteiger partial charge in [-0.15, -0.1) is 0 Å². The molecule has 0 unspecified atom stereocenters. The molecule has 3 heterocycles. The van der Waals surface area contributed by atoms with Crippen molar-refractivity contribution < 1.29 is 4.74 Å². The summed E-state index contributed by atoms with van der Waals surface area (Å²) in [5, 5.41) is 1.12. The van der Waals surface area contributed by atoms with Crippen molar-refractivity contribution in [3.05, 3.63) is 48.8 Å². The van der Waals surface area contributed by atoms with Crippen molar-refractivity contribution in [3.8, 4) is 11.4 Å². The Morgan fingerprint density at radius 2 is 1.85 bits per heavy atom. The lowest BCUT2D eigenvalue weighted by molar-refractivity contribution is 0.0591. The Kier molecular flexibility index (Phi) is 4.02. The molecule has 26 heavy (non-hydrogen) atoms. The van der Waals surface area contributed by atoms with Gasteiger partial charge in [-0.3, -0.25) is 4.98 Å². The van der Waals surface area contributed by atoms with Crippen molar-refractivity contribution in [3.63, 3.8) is 0 Å². The van der Waals surface area contributed by atoms with E-state index in [1.165, 1.54) is 12.8 Å². The third-order valence-electron chi connectivity index (χ3n) is 5.49. The van der Waals surface area contributed by atoms with Crippen molar-refractivity contribution in [1.29, 1.82) is 0 Å². The van der Waals surface area contributed by atoms with E-state index in [4.69, 9.17) is 14.7 Å². The number of aromatic nitrogens is 3. The number of rotatable bonds is 2. The van der Waals surface area contributed by atoms with Crippen LogP contribution in [-0.2, 0) is 4.74 Å². The van der Waals surface area contributed by atoms with Crippen LogP contribution in [0.15, 0.2) is 48.8 Å². The summed E-state index contributed by atoms with van der Waals surface area (Å²) in [6, 6.07) is 12.7. The largest absolute Gasteiger partial charge is 0.376 e. The van der Waals surface area contributed by atoms with Gasteiger partial charge in [-0.1, -0.05) is 12.1 Å². The van der Waals surface area contributed by atoms with Crippen LogP contribution in [0, 0.1) is 0 Å². The highest BCUT2D eigenvalue weighted by Crippen LogP contribution is 2.35. The monoisotopic (exact) mass is 346 g/mol. The number of hydrogen-bond donors (Lipinski definition) is 0. The van der Waals surface area contributed by atoms with E-state index in [0.717, 1.165) is 54.1 Å². The van der Waals surface area contributed by atoms with Crippen LogP contribution in [-0.4, -0.2) is 40.2 Å². The first-order valence-electron chi connectivity index (χ1n) is 9.45. The van der Waals surface area contributed by atoms with Gasteiger partial charge in [0, 0.05) is 36.5 Å². The summed E-state index contributed by atoms with van der Waals surface area (Å²) in [4.78, 5) is 16.4. The molecule has 0 N–H and O–H groups in total. The Hall–Kier alpha value is -2.53. The van der Waals surface area contributed by atoms with Gasteiger partial charge in [0.15, 0.2) is 5.82 Å². The molecule has 2 atom stereocenters. The Balaban J connectivity index is 1.68. The zero-order chi connectivity index (χ0) is 17.3. The molecular formula is C21H22N4O. The molecule has 1 saturated carbocycles. The van der Waals surface area contributed by atoms with Crippen LogP contribution in [0.3, 0.4) is 0 Å². The normalized spacial score (nSPS) is 23.0. The minimum absolute atomic E-state index is 0.329. The zero-order valence-electron chi connectivity index (χ0n) is 14.7. The number of fused-ring (bicyclic) bond motifs is 2. The molecule has 0 spiro atoms. The molecule has 0 bridgehead atoms. The number of benzene rings is 1. The quantitative estimate of drug-likeness (QED) is 0.706.